The Balaban J connectivity index is 2.28. The molecule has 0 unspecified atom stereocenters. The van der Waals surface area contributed by atoms with E-state index < -0.39 is 0 Å². The molecule has 0 saturated carbocycles. The minimum Gasteiger partial charge on any atom is -0.427 e. The summed E-state index contributed by atoms with van der Waals surface area (Å²) < 4.78 is 10.3. The smallest absolute Gasteiger partial charge is 0.145 e. The topological polar surface area (TPSA) is 18.5 Å². The van der Waals surface area contributed by atoms with Gasteiger partial charge in [0.25, 0.3) is 0 Å². The fourth-order valence-electron chi connectivity index (χ4n) is 1.09. The first-order valence-electron chi connectivity index (χ1n) is 3.40. The lowest BCUT2D eigenvalue weighted by molar-refractivity contribution is -0.132. The first kappa shape index (κ1) is 7.25. The van der Waals surface area contributed by atoms with Gasteiger partial charge in [0.2, 0.25) is 0 Å². The van der Waals surface area contributed by atoms with Gasteiger partial charge in [0.05, 0.1) is 13.2 Å². The second kappa shape index (κ2) is 2.81. The molecule has 1 aliphatic heterocycles. The van der Waals surface area contributed by atoms with Gasteiger partial charge in [0, 0.05) is 12.0 Å². The fourth-order valence-corrected chi connectivity index (χ4v) is 1.70. The Kier molecular flexibility index (Phi) is 2.27. The molecule has 1 aliphatic rings. The zero-order chi connectivity index (χ0) is 6.74. The average molecular weight is 146 g/mol. The highest BCUT2D eigenvalue weighted by molar-refractivity contribution is 5.97. The molecule has 1 rings (SSSR count). The molecule has 0 aliphatic carbocycles. The molecule has 2 nitrogen and oxygen atoms in total. The van der Waals surface area contributed by atoms with Crippen molar-refractivity contribution in [2.24, 2.45) is 5.41 Å². The van der Waals surface area contributed by atoms with Gasteiger partial charge in [-0.1, -0.05) is 6.92 Å². The molecule has 1 fully saturated rings. The molecule has 54 valence electrons. The molecule has 0 radical (unpaired) electrons. The Hall–Kier alpha value is 0.137. The molecule has 0 spiro atoms. The van der Waals surface area contributed by atoms with E-state index in [0.717, 1.165) is 30.3 Å². The van der Waals surface area contributed by atoms with Gasteiger partial charge >= 0.3 is 0 Å². The molecule has 0 aromatic heterocycles. The predicted molar refractivity (Wildman–Crippen MR) is 39.4 cm³/mol. The van der Waals surface area contributed by atoms with E-state index >= 15 is 0 Å². The van der Waals surface area contributed by atoms with Gasteiger partial charge in [-0.05, 0) is 6.42 Å². The lowest BCUT2D eigenvalue weighted by Crippen LogP contribution is -2.45. The van der Waals surface area contributed by atoms with Gasteiger partial charge in [0.1, 0.15) is 10.5 Å². The van der Waals surface area contributed by atoms with Gasteiger partial charge in [-0.25, -0.2) is 0 Å². The van der Waals surface area contributed by atoms with Crippen molar-refractivity contribution >= 4 is 10.5 Å². The van der Waals surface area contributed by atoms with E-state index in [-0.39, 0.29) is 0 Å². The van der Waals surface area contributed by atoms with Crippen LogP contribution >= 0.6 is 0 Å². The van der Waals surface area contributed by atoms with Crippen LogP contribution < -0.4 is 0 Å². The second-order valence-corrected chi connectivity index (χ2v) is 3.36. The van der Waals surface area contributed by atoms with E-state index in [1.807, 2.05) is 0 Å². The molecule has 1 heterocycles. The first-order chi connectivity index (χ1) is 4.33. The SMILES string of the molecule is CCC1(CO[SiH3])COC1. The Morgan fingerprint density at radius 2 is 2.33 bits per heavy atom. The fraction of sp³-hybridized carbons (Fsp3) is 1.00. The lowest BCUT2D eigenvalue weighted by Gasteiger charge is -2.40. The van der Waals surface area contributed by atoms with Crippen LogP contribution in [0.5, 0.6) is 0 Å². The number of hydrogen-bond acceptors (Lipinski definition) is 2. The first-order valence-corrected chi connectivity index (χ1v) is 4.21. The van der Waals surface area contributed by atoms with Crippen molar-refractivity contribution in [3.63, 3.8) is 0 Å². The van der Waals surface area contributed by atoms with Crippen molar-refractivity contribution in [2.45, 2.75) is 13.3 Å². The monoisotopic (exact) mass is 146 g/mol. The highest BCUT2D eigenvalue weighted by atomic mass is 28.2. The summed E-state index contributed by atoms with van der Waals surface area (Å²) in [6.07, 6.45) is 1.19. The zero-order valence-corrected chi connectivity index (χ0v) is 8.14. The molecular formula is C6H14O2Si. The van der Waals surface area contributed by atoms with Crippen LogP contribution in [0.25, 0.3) is 0 Å². The summed E-state index contributed by atoms with van der Waals surface area (Å²) >= 11 is 0. The summed E-state index contributed by atoms with van der Waals surface area (Å²) in [6, 6.07) is 0. The summed E-state index contributed by atoms with van der Waals surface area (Å²) in [4.78, 5) is 0. The summed E-state index contributed by atoms with van der Waals surface area (Å²) in [5.74, 6) is 0. The Bertz CT molecular complexity index is 85.5. The molecule has 1 saturated heterocycles. The van der Waals surface area contributed by atoms with E-state index in [4.69, 9.17) is 9.16 Å². The van der Waals surface area contributed by atoms with E-state index in [2.05, 4.69) is 6.92 Å². The highest BCUT2D eigenvalue weighted by Gasteiger charge is 2.36. The van der Waals surface area contributed by atoms with Crippen LogP contribution in [0.4, 0.5) is 0 Å². The third kappa shape index (κ3) is 1.34. The Labute approximate surface area is 59.1 Å². The van der Waals surface area contributed by atoms with Crippen molar-refractivity contribution in [1.29, 1.82) is 0 Å². The molecule has 0 N–H and O–H groups in total. The standard InChI is InChI=1S/C6H14O2Si/c1-2-6(5-8-9)3-7-4-6/h2-5H2,1,9H3. The van der Waals surface area contributed by atoms with Crippen molar-refractivity contribution in [3.8, 4) is 0 Å². The average Bonchev–Trinajstić information content (AvgIpc) is 1.79. The lowest BCUT2D eigenvalue weighted by atomic mass is 9.84. The third-order valence-corrected chi connectivity index (χ3v) is 2.31. The van der Waals surface area contributed by atoms with Crippen LogP contribution in [0.2, 0.25) is 0 Å². The molecule has 9 heavy (non-hydrogen) atoms. The summed E-state index contributed by atoms with van der Waals surface area (Å²) in [7, 11) is 0.857. The van der Waals surface area contributed by atoms with E-state index in [1.54, 1.807) is 0 Å². The molecule has 0 aromatic rings. The maximum absolute atomic E-state index is 5.20. The van der Waals surface area contributed by atoms with Crippen LogP contribution in [0.3, 0.4) is 0 Å². The van der Waals surface area contributed by atoms with Crippen molar-refractivity contribution in [1.82, 2.24) is 0 Å². The Morgan fingerprint density at radius 1 is 1.67 bits per heavy atom. The van der Waals surface area contributed by atoms with Crippen LogP contribution in [-0.4, -0.2) is 30.3 Å². The summed E-state index contributed by atoms with van der Waals surface area (Å²) in [5.41, 5.74) is 0.405. The van der Waals surface area contributed by atoms with Gasteiger partial charge in [-0.2, -0.15) is 0 Å². The number of ether oxygens (including phenoxy) is 1. The van der Waals surface area contributed by atoms with Crippen LogP contribution in [0.15, 0.2) is 0 Å². The van der Waals surface area contributed by atoms with Crippen LogP contribution in [0.1, 0.15) is 13.3 Å². The maximum atomic E-state index is 5.20. The molecule has 0 atom stereocenters. The van der Waals surface area contributed by atoms with Crippen molar-refractivity contribution in [3.05, 3.63) is 0 Å². The van der Waals surface area contributed by atoms with Crippen molar-refractivity contribution in [2.75, 3.05) is 19.8 Å². The van der Waals surface area contributed by atoms with E-state index in [0.29, 0.717) is 5.41 Å². The van der Waals surface area contributed by atoms with E-state index in [1.165, 1.54) is 6.42 Å². The normalized spacial score (nSPS) is 23.7. The van der Waals surface area contributed by atoms with Crippen molar-refractivity contribution < 1.29 is 9.16 Å². The molecule has 0 amide bonds. The summed E-state index contributed by atoms with van der Waals surface area (Å²) in [6.45, 7) is 4.93. The molecular weight excluding hydrogens is 132 g/mol. The zero-order valence-electron chi connectivity index (χ0n) is 6.14. The summed E-state index contributed by atoms with van der Waals surface area (Å²) in [5, 5.41) is 0. The van der Waals surface area contributed by atoms with Crippen LogP contribution in [-0.2, 0) is 9.16 Å². The third-order valence-electron chi connectivity index (χ3n) is 2.02. The minimum atomic E-state index is 0.405. The van der Waals surface area contributed by atoms with Gasteiger partial charge in [-0.3, -0.25) is 0 Å². The Morgan fingerprint density at radius 3 is 2.44 bits per heavy atom. The van der Waals surface area contributed by atoms with E-state index in [9.17, 15) is 0 Å². The second-order valence-electron chi connectivity index (χ2n) is 2.78. The predicted octanol–water partition coefficient (Wildman–Crippen LogP) is -0.290. The quantitative estimate of drug-likeness (QED) is 0.509. The largest absolute Gasteiger partial charge is 0.427 e. The molecule has 0 aromatic carbocycles. The van der Waals surface area contributed by atoms with Gasteiger partial charge in [0.15, 0.2) is 0 Å². The number of hydrogen-bond donors (Lipinski definition) is 0. The maximum Gasteiger partial charge on any atom is 0.145 e. The van der Waals surface area contributed by atoms with Gasteiger partial charge in [-0.15, -0.1) is 0 Å². The van der Waals surface area contributed by atoms with Crippen LogP contribution in [0, 0.1) is 5.41 Å². The number of rotatable bonds is 3. The van der Waals surface area contributed by atoms with Gasteiger partial charge < -0.3 is 9.16 Å². The molecule has 0 bridgehead atoms. The molecule has 3 heteroatoms. The highest BCUT2D eigenvalue weighted by Crippen LogP contribution is 2.30. The minimum absolute atomic E-state index is 0.405.